The summed E-state index contributed by atoms with van der Waals surface area (Å²) in [6, 6.07) is 1.69. The van der Waals surface area contributed by atoms with E-state index in [1.54, 1.807) is 33.0 Å². The number of ether oxygens (including phenoxy) is 2. The summed E-state index contributed by atoms with van der Waals surface area (Å²) >= 11 is 0. The molecule has 1 rings (SSSR count). The van der Waals surface area contributed by atoms with Crippen LogP contribution in [0.5, 0.6) is 0 Å². The zero-order valence-corrected chi connectivity index (χ0v) is 11.8. The van der Waals surface area contributed by atoms with Crippen LogP contribution in [0.25, 0.3) is 0 Å². The molecule has 0 bridgehead atoms. The van der Waals surface area contributed by atoms with Crippen LogP contribution in [0.2, 0.25) is 0 Å². The Balaban J connectivity index is 3.06. The molecule has 6 heteroatoms. The third-order valence-corrected chi connectivity index (χ3v) is 2.80. The SMILES string of the molecule is CCOC(=O)C(C(=O)OCC)C(O)c1cnccc1C. The van der Waals surface area contributed by atoms with Crippen molar-refractivity contribution in [1.82, 2.24) is 4.98 Å². The first-order valence-corrected chi connectivity index (χ1v) is 6.44. The van der Waals surface area contributed by atoms with Gasteiger partial charge in [0.2, 0.25) is 0 Å². The first-order chi connectivity index (χ1) is 9.52. The number of hydrogen-bond donors (Lipinski definition) is 1. The van der Waals surface area contributed by atoms with Gasteiger partial charge < -0.3 is 14.6 Å². The van der Waals surface area contributed by atoms with Crippen molar-refractivity contribution in [3.63, 3.8) is 0 Å². The van der Waals surface area contributed by atoms with Gasteiger partial charge in [0, 0.05) is 18.0 Å². The van der Waals surface area contributed by atoms with Gasteiger partial charge in [0.1, 0.15) is 6.10 Å². The predicted octanol–water partition coefficient (Wildman–Crippen LogP) is 1.17. The zero-order chi connectivity index (χ0) is 15.1. The third kappa shape index (κ3) is 3.77. The van der Waals surface area contributed by atoms with Crippen LogP contribution in [0, 0.1) is 12.8 Å². The molecule has 0 saturated carbocycles. The monoisotopic (exact) mass is 281 g/mol. The van der Waals surface area contributed by atoms with Crippen molar-refractivity contribution in [2.45, 2.75) is 26.9 Å². The van der Waals surface area contributed by atoms with Crippen LogP contribution in [0.4, 0.5) is 0 Å². The van der Waals surface area contributed by atoms with Crippen LogP contribution in [0.1, 0.15) is 31.1 Å². The molecule has 1 heterocycles. The first-order valence-electron chi connectivity index (χ1n) is 6.44. The van der Waals surface area contributed by atoms with Gasteiger partial charge in [0.05, 0.1) is 13.2 Å². The van der Waals surface area contributed by atoms with Crippen LogP contribution in [0.15, 0.2) is 18.5 Å². The van der Waals surface area contributed by atoms with E-state index in [2.05, 4.69) is 4.98 Å². The number of rotatable bonds is 6. The van der Waals surface area contributed by atoms with Crippen LogP contribution < -0.4 is 0 Å². The van der Waals surface area contributed by atoms with Gasteiger partial charge in [-0.15, -0.1) is 0 Å². The van der Waals surface area contributed by atoms with Crippen molar-refractivity contribution < 1.29 is 24.2 Å². The van der Waals surface area contributed by atoms with E-state index in [-0.39, 0.29) is 13.2 Å². The molecule has 110 valence electrons. The molecule has 1 N–H and O–H groups in total. The van der Waals surface area contributed by atoms with Crippen molar-refractivity contribution in [1.29, 1.82) is 0 Å². The van der Waals surface area contributed by atoms with Crippen molar-refractivity contribution in [2.24, 2.45) is 5.92 Å². The molecular weight excluding hydrogens is 262 g/mol. The van der Waals surface area contributed by atoms with Gasteiger partial charge in [0.15, 0.2) is 5.92 Å². The molecule has 1 aromatic heterocycles. The molecule has 0 aliphatic rings. The van der Waals surface area contributed by atoms with Gasteiger partial charge in [-0.25, -0.2) is 0 Å². The summed E-state index contributed by atoms with van der Waals surface area (Å²) in [5.74, 6) is -3.01. The van der Waals surface area contributed by atoms with Crippen molar-refractivity contribution in [2.75, 3.05) is 13.2 Å². The Morgan fingerprint density at radius 2 is 1.80 bits per heavy atom. The summed E-state index contributed by atoms with van der Waals surface area (Å²) in [5, 5.41) is 10.3. The van der Waals surface area contributed by atoms with E-state index < -0.39 is 24.0 Å². The Morgan fingerprint density at radius 1 is 1.25 bits per heavy atom. The van der Waals surface area contributed by atoms with Gasteiger partial charge in [0.25, 0.3) is 0 Å². The van der Waals surface area contributed by atoms with Crippen LogP contribution >= 0.6 is 0 Å². The average molecular weight is 281 g/mol. The van der Waals surface area contributed by atoms with E-state index in [1.165, 1.54) is 6.20 Å². The maximum Gasteiger partial charge on any atom is 0.323 e. The fourth-order valence-electron chi connectivity index (χ4n) is 1.78. The standard InChI is InChI=1S/C14H19NO5/c1-4-19-13(17)11(14(18)20-5-2)12(16)10-8-15-7-6-9(10)3/h6-8,11-12,16H,4-5H2,1-3H3. The number of aliphatic hydroxyl groups excluding tert-OH is 1. The van der Waals surface area contributed by atoms with Gasteiger partial charge in [-0.05, 0) is 32.4 Å². The molecule has 1 atom stereocenters. The highest BCUT2D eigenvalue weighted by Gasteiger charge is 2.38. The Labute approximate surface area is 117 Å². The molecule has 0 amide bonds. The van der Waals surface area contributed by atoms with Crippen molar-refractivity contribution in [3.05, 3.63) is 29.6 Å². The molecule has 6 nitrogen and oxygen atoms in total. The minimum atomic E-state index is -1.40. The third-order valence-electron chi connectivity index (χ3n) is 2.80. The fourth-order valence-corrected chi connectivity index (χ4v) is 1.78. The first kappa shape index (κ1) is 16.1. The smallest absolute Gasteiger partial charge is 0.323 e. The lowest BCUT2D eigenvalue weighted by Crippen LogP contribution is -2.33. The van der Waals surface area contributed by atoms with Crippen LogP contribution in [0.3, 0.4) is 0 Å². The quantitative estimate of drug-likeness (QED) is 0.622. The Hall–Kier alpha value is -1.95. The van der Waals surface area contributed by atoms with E-state index in [0.717, 1.165) is 5.56 Å². The summed E-state index contributed by atoms with van der Waals surface area (Å²) in [4.78, 5) is 27.7. The number of pyridine rings is 1. The summed E-state index contributed by atoms with van der Waals surface area (Å²) in [7, 11) is 0. The van der Waals surface area contributed by atoms with Crippen molar-refractivity contribution in [3.8, 4) is 0 Å². The van der Waals surface area contributed by atoms with E-state index in [0.29, 0.717) is 5.56 Å². The highest BCUT2D eigenvalue weighted by Crippen LogP contribution is 2.26. The minimum Gasteiger partial charge on any atom is -0.465 e. The summed E-state index contributed by atoms with van der Waals surface area (Å²) in [6.07, 6.45) is 1.64. The second-order valence-corrected chi connectivity index (χ2v) is 4.16. The van der Waals surface area contributed by atoms with Gasteiger partial charge in [-0.3, -0.25) is 14.6 Å². The molecule has 1 unspecified atom stereocenters. The number of aromatic nitrogens is 1. The van der Waals surface area contributed by atoms with Crippen LogP contribution in [-0.4, -0.2) is 35.2 Å². The zero-order valence-electron chi connectivity index (χ0n) is 11.8. The van der Waals surface area contributed by atoms with Crippen molar-refractivity contribution >= 4 is 11.9 Å². The molecule has 0 aliphatic carbocycles. The maximum atomic E-state index is 11.9. The number of carbonyl (C=O) groups is 2. The lowest BCUT2D eigenvalue weighted by atomic mass is 9.94. The molecule has 0 aliphatic heterocycles. The lowest BCUT2D eigenvalue weighted by molar-refractivity contribution is -0.167. The normalized spacial score (nSPS) is 12.1. The number of carbonyl (C=O) groups excluding carboxylic acids is 2. The van der Waals surface area contributed by atoms with Gasteiger partial charge in [-0.2, -0.15) is 0 Å². The van der Waals surface area contributed by atoms with E-state index in [4.69, 9.17) is 9.47 Å². The highest BCUT2D eigenvalue weighted by atomic mass is 16.6. The van der Waals surface area contributed by atoms with Gasteiger partial charge in [-0.1, -0.05) is 0 Å². The molecule has 0 saturated heterocycles. The maximum absolute atomic E-state index is 11.9. The number of aliphatic hydroxyl groups is 1. The van der Waals surface area contributed by atoms with E-state index in [9.17, 15) is 14.7 Å². The Bertz CT molecular complexity index is 456. The predicted molar refractivity (Wildman–Crippen MR) is 70.7 cm³/mol. The number of nitrogens with zero attached hydrogens (tertiary/aromatic N) is 1. The lowest BCUT2D eigenvalue weighted by Gasteiger charge is -2.21. The number of esters is 2. The summed E-state index contributed by atoms with van der Waals surface area (Å²) in [6.45, 7) is 5.25. The van der Waals surface area contributed by atoms with E-state index >= 15 is 0 Å². The molecule has 0 fully saturated rings. The largest absolute Gasteiger partial charge is 0.465 e. The number of aryl methyl sites for hydroxylation is 1. The second kappa shape index (κ2) is 7.59. The molecule has 1 aromatic rings. The molecule has 0 spiro atoms. The summed E-state index contributed by atoms with van der Waals surface area (Å²) in [5.41, 5.74) is 1.13. The molecule has 20 heavy (non-hydrogen) atoms. The average Bonchev–Trinajstić information content (AvgIpc) is 2.40. The number of hydrogen-bond acceptors (Lipinski definition) is 6. The summed E-state index contributed by atoms with van der Waals surface area (Å²) < 4.78 is 9.67. The molecule has 0 aromatic carbocycles. The minimum absolute atomic E-state index is 0.119. The topological polar surface area (TPSA) is 85.7 Å². The van der Waals surface area contributed by atoms with Crippen LogP contribution in [-0.2, 0) is 19.1 Å². The molecule has 0 radical (unpaired) electrons. The van der Waals surface area contributed by atoms with Gasteiger partial charge >= 0.3 is 11.9 Å². The van der Waals surface area contributed by atoms with E-state index in [1.807, 2.05) is 0 Å². The highest BCUT2D eigenvalue weighted by molar-refractivity contribution is 5.95. The molecular formula is C14H19NO5. The second-order valence-electron chi connectivity index (χ2n) is 4.16. The Morgan fingerprint density at radius 3 is 2.25 bits per heavy atom. The fraction of sp³-hybridized carbons (Fsp3) is 0.500. The Kier molecular flexibility index (Phi) is 6.11.